The Morgan fingerprint density at radius 2 is 1.69 bits per heavy atom. The second-order valence-electron chi connectivity index (χ2n) is 6.33. The Hall–Kier alpha value is -2.65. The van der Waals surface area contributed by atoms with Crippen LogP contribution in [0.3, 0.4) is 0 Å². The maximum absolute atomic E-state index is 12.9. The molecule has 0 radical (unpaired) electrons. The molecular weight excluding hydrogens is 344 g/mol. The Labute approximate surface area is 159 Å². The number of nitrogens with zero attached hydrogens (tertiary/aromatic N) is 2. The lowest BCUT2D eigenvalue weighted by Gasteiger charge is -2.22. The molecule has 0 aliphatic rings. The highest BCUT2D eigenvalue weighted by molar-refractivity contribution is 6.30. The van der Waals surface area contributed by atoms with E-state index in [2.05, 4.69) is 17.1 Å². The topological polar surface area (TPSA) is 33.2 Å². The van der Waals surface area contributed by atoms with Gasteiger partial charge in [-0.05, 0) is 34.9 Å². The first kappa shape index (κ1) is 18.2. The largest absolute Gasteiger partial charge is 0.341 e. The normalized spacial score (nSPS) is 11.8. The van der Waals surface area contributed by atoms with Gasteiger partial charge in [0.2, 0.25) is 5.91 Å². The van der Waals surface area contributed by atoms with Gasteiger partial charge in [0.25, 0.3) is 0 Å². The van der Waals surface area contributed by atoms with Crippen molar-refractivity contribution in [2.45, 2.75) is 18.9 Å². The molecule has 3 rings (SSSR count). The molecule has 0 saturated carbocycles. The van der Waals surface area contributed by atoms with E-state index in [4.69, 9.17) is 11.6 Å². The third-order valence-electron chi connectivity index (χ3n) is 4.42. The number of pyridine rings is 1. The van der Waals surface area contributed by atoms with Gasteiger partial charge < -0.3 is 4.90 Å². The zero-order chi connectivity index (χ0) is 18.4. The van der Waals surface area contributed by atoms with Gasteiger partial charge in [0.1, 0.15) is 0 Å². The smallest absolute Gasteiger partial charge is 0.223 e. The van der Waals surface area contributed by atoms with Crippen LogP contribution in [0.5, 0.6) is 0 Å². The minimum Gasteiger partial charge on any atom is -0.341 e. The highest BCUT2D eigenvalue weighted by Gasteiger charge is 2.20. The molecule has 0 unspecified atom stereocenters. The SMILES string of the molecule is CN(Cc1cccnc1)C(=O)C[C@@H](c1ccccc1)c1ccc(Cl)cc1. The lowest BCUT2D eigenvalue weighted by atomic mass is 9.88. The highest BCUT2D eigenvalue weighted by atomic mass is 35.5. The number of aromatic nitrogens is 1. The van der Waals surface area contributed by atoms with Crippen molar-refractivity contribution < 1.29 is 4.79 Å². The quantitative estimate of drug-likeness (QED) is 0.622. The fourth-order valence-corrected chi connectivity index (χ4v) is 3.12. The summed E-state index contributed by atoms with van der Waals surface area (Å²) in [6.07, 6.45) is 3.93. The molecule has 3 nitrogen and oxygen atoms in total. The third kappa shape index (κ3) is 4.70. The van der Waals surface area contributed by atoms with Crippen molar-refractivity contribution in [2.75, 3.05) is 7.05 Å². The number of amides is 1. The van der Waals surface area contributed by atoms with Gasteiger partial charge in [-0.25, -0.2) is 0 Å². The Balaban J connectivity index is 1.79. The number of rotatable bonds is 6. The van der Waals surface area contributed by atoms with Gasteiger partial charge >= 0.3 is 0 Å². The Kier molecular flexibility index (Phi) is 6.03. The van der Waals surface area contributed by atoms with Crippen LogP contribution in [-0.4, -0.2) is 22.8 Å². The molecule has 26 heavy (non-hydrogen) atoms. The first-order valence-corrected chi connectivity index (χ1v) is 8.94. The first-order chi connectivity index (χ1) is 12.6. The molecule has 0 aliphatic heterocycles. The molecule has 0 aliphatic carbocycles. The van der Waals surface area contributed by atoms with Gasteiger partial charge in [0.15, 0.2) is 0 Å². The number of carbonyl (C=O) groups is 1. The van der Waals surface area contributed by atoms with Gasteiger partial charge in [-0.1, -0.05) is 60.1 Å². The molecule has 0 saturated heterocycles. The van der Waals surface area contributed by atoms with Crippen molar-refractivity contribution in [3.05, 3.63) is 101 Å². The number of hydrogen-bond acceptors (Lipinski definition) is 2. The molecule has 1 amide bonds. The summed E-state index contributed by atoms with van der Waals surface area (Å²) in [5.41, 5.74) is 3.23. The average Bonchev–Trinajstić information content (AvgIpc) is 2.68. The molecule has 1 aromatic heterocycles. The Morgan fingerprint density at radius 3 is 2.35 bits per heavy atom. The van der Waals surface area contributed by atoms with Gasteiger partial charge in [-0.3, -0.25) is 9.78 Å². The summed E-state index contributed by atoms with van der Waals surface area (Å²) in [5.74, 6) is 0.0926. The van der Waals surface area contributed by atoms with Crippen LogP contribution in [0.25, 0.3) is 0 Å². The predicted molar refractivity (Wildman–Crippen MR) is 105 cm³/mol. The number of hydrogen-bond donors (Lipinski definition) is 0. The van der Waals surface area contributed by atoms with Crippen LogP contribution < -0.4 is 0 Å². The molecule has 3 aromatic rings. The molecule has 0 N–H and O–H groups in total. The highest BCUT2D eigenvalue weighted by Crippen LogP contribution is 2.29. The van der Waals surface area contributed by atoms with E-state index >= 15 is 0 Å². The number of benzene rings is 2. The molecule has 2 aromatic carbocycles. The van der Waals surface area contributed by atoms with Crippen LogP contribution in [-0.2, 0) is 11.3 Å². The summed E-state index contributed by atoms with van der Waals surface area (Å²) in [5, 5.41) is 0.695. The van der Waals surface area contributed by atoms with Crippen molar-refractivity contribution in [1.82, 2.24) is 9.88 Å². The second-order valence-corrected chi connectivity index (χ2v) is 6.77. The van der Waals surface area contributed by atoms with Crippen LogP contribution in [0.1, 0.15) is 29.0 Å². The minimum absolute atomic E-state index is 0.00249. The molecule has 0 bridgehead atoms. The first-order valence-electron chi connectivity index (χ1n) is 8.57. The molecule has 0 spiro atoms. The van der Waals surface area contributed by atoms with Crippen LogP contribution in [0.15, 0.2) is 79.1 Å². The van der Waals surface area contributed by atoms with E-state index in [0.29, 0.717) is 18.0 Å². The van der Waals surface area contributed by atoms with Crippen LogP contribution in [0.2, 0.25) is 5.02 Å². The van der Waals surface area contributed by atoms with Crippen molar-refractivity contribution in [1.29, 1.82) is 0 Å². The summed E-state index contributed by atoms with van der Waals surface area (Å²) in [6.45, 7) is 0.550. The Morgan fingerprint density at radius 1 is 1.00 bits per heavy atom. The summed E-state index contributed by atoms with van der Waals surface area (Å²) in [6, 6.07) is 21.7. The summed E-state index contributed by atoms with van der Waals surface area (Å²) >= 11 is 6.03. The van der Waals surface area contributed by atoms with Gasteiger partial charge in [-0.2, -0.15) is 0 Å². The van der Waals surface area contributed by atoms with Crippen LogP contribution in [0.4, 0.5) is 0 Å². The number of halogens is 1. The molecule has 1 heterocycles. The van der Waals surface area contributed by atoms with E-state index in [1.807, 2.05) is 61.6 Å². The van der Waals surface area contributed by atoms with E-state index in [1.165, 1.54) is 0 Å². The van der Waals surface area contributed by atoms with Crippen molar-refractivity contribution in [3.63, 3.8) is 0 Å². The molecular formula is C22H21ClN2O. The molecule has 0 fully saturated rings. The maximum Gasteiger partial charge on any atom is 0.223 e. The zero-order valence-electron chi connectivity index (χ0n) is 14.7. The fraction of sp³-hybridized carbons (Fsp3) is 0.182. The van der Waals surface area contributed by atoms with Gasteiger partial charge in [0, 0.05) is 43.3 Å². The predicted octanol–water partition coefficient (Wildman–Crippen LogP) is 4.92. The van der Waals surface area contributed by atoms with Gasteiger partial charge in [0.05, 0.1) is 0 Å². The van der Waals surface area contributed by atoms with Crippen molar-refractivity contribution in [3.8, 4) is 0 Å². The maximum atomic E-state index is 12.9. The molecule has 4 heteroatoms. The van der Waals surface area contributed by atoms with E-state index in [1.54, 1.807) is 17.3 Å². The minimum atomic E-state index is -0.00249. The lowest BCUT2D eigenvalue weighted by molar-refractivity contribution is -0.130. The second kappa shape index (κ2) is 8.63. The van der Waals surface area contributed by atoms with E-state index in [0.717, 1.165) is 16.7 Å². The van der Waals surface area contributed by atoms with Crippen LogP contribution in [0, 0.1) is 0 Å². The van der Waals surface area contributed by atoms with Crippen molar-refractivity contribution in [2.24, 2.45) is 0 Å². The third-order valence-corrected chi connectivity index (χ3v) is 4.67. The summed E-state index contributed by atoms with van der Waals surface area (Å²) < 4.78 is 0. The monoisotopic (exact) mass is 364 g/mol. The Bertz CT molecular complexity index is 835. The van der Waals surface area contributed by atoms with Crippen molar-refractivity contribution >= 4 is 17.5 Å². The fourth-order valence-electron chi connectivity index (χ4n) is 2.99. The summed E-state index contributed by atoms with van der Waals surface area (Å²) in [4.78, 5) is 18.7. The van der Waals surface area contributed by atoms with Crippen LogP contribution >= 0.6 is 11.6 Å². The van der Waals surface area contributed by atoms with Gasteiger partial charge in [-0.15, -0.1) is 0 Å². The van der Waals surface area contributed by atoms with E-state index in [-0.39, 0.29) is 11.8 Å². The molecule has 132 valence electrons. The zero-order valence-corrected chi connectivity index (χ0v) is 15.4. The summed E-state index contributed by atoms with van der Waals surface area (Å²) in [7, 11) is 1.83. The standard InChI is InChI=1S/C22H21ClN2O/c1-25(16-17-6-5-13-24-15-17)22(26)14-21(18-7-3-2-4-8-18)19-9-11-20(23)12-10-19/h2-13,15,21H,14,16H2,1H3/t21-/m0/s1. The average molecular weight is 365 g/mol. The van der Waals surface area contributed by atoms with E-state index in [9.17, 15) is 4.79 Å². The lowest BCUT2D eigenvalue weighted by Crippen LogP contribution is -2.27. The number of carbonyl (C=O) groups excluding carboxylic acids is 1. The molecule has 1 atom stereocenters. The van der Waals surface area contributed by atoms with E-state index < -0.39 is 0 Å².